The third-order valence-corrected chi connectivity index (χ3v) is 3.55. The number of aromatic hydroxyl groups is 1. The molecule has 0 aliphatic rings. The minimum atomic E-state index is 0.00200. The summed E-state index contributed by atoms with van der Waals surface area (Å²) < 4.78 is 0. The number of halogens is 1. The Balaban J connectivity index is 2.18. The van der Waals surface area contributed by atoms with E-state index in [9.17, 15) is 4.79 Å². The zero-order valence-electron chi connectivity index (χ0n) is 9.49. The minimum Gasteiger partial charge on any atom is -0.508 e. The summed E-state index contributed by atoms with van der Waals surface area (Å²) in [5.74, 6) is 2.74. The average molecular weight is 274 g/mol. The highest BCUT2D eigenvalue weighted by Crippen LogP contribution is 2.14. The second-order valence-corrected chi connectivity index (χ2v) is 5.10. The Labute approximate surface area is 111 Å². The number of hydrogen-bond donors (Lipinski definition) is 2. The maximum atomic E-state index is 11.5. The second-order valence-electron chi connectivity index (χ2n) is 3.50. The standard InChI is InChI=1S/C12H16ClNO2S/c13-7-9-17-8-1-2-12(16)14-10-3-5-11(15)6-4-10/h3-6,15H,1-2,7-9H2,(H,14,16). The van der Waals surface area contributed by atoms with Crippen molar-refractivity contribution in [3.63, 3.8) is 0 Å². The van der Waals surface area contributed by atoms with E-state index < -0.39 is 0 Å². The molecule has 1 amide bonds. The second kappa shape index (κ2) is 8.25. The van der Waals surface area contributed by atoms with Gasteiger partial charge in [0.15, 0.2) is 0 Å². The van der Waals surface area contributed by atoms with E-state index in [0.29, 0.717) is 18.0 Å². The number of carbonyl (C=O) groups is 1. The fourth-order valence-electron chi connectivity index (χ4n) is 1.26. The van der Waals surface area contributed by atoms with Crippen LogP contribution in [0.4, 0.5) is 5.69 Å². The molecule has 0 aliphatic carbocycles. The van der Waals surface area contributed by atoms with E-state index >= 15 is 0 Å². The maximum Gasteiger partial charge on any atom is 0.224 e. The van der Waals surface area contributed by atoms with Crippen LogP contribution < -0.4 is 5.32 Å². The van der Waals surface area contributed by atoms with Crippen LogP contribution in [0.3, 0.4) is 0 Å². The Morgan fingerprint density at radius 1 is 1.29 bits per heavy atom. The largest absolute Gasteiger partial charge is 0.508 e. The third kappa shape index (κ3) is 6.44. The molecule has 1 aromatic carbocycles. The number of benzene rings is 1. The fourth-order valence-corrected chi connectivity index (χ4v) is 2.25. The van der Waals surface area contributed by atoms with Crippen molar-refractivity contribution in [3.8, 4) is 5.75 Å². The lowest BCUT2D eigenvalue weighted by Gasteiger charge is -2.05. The van der Waals surface area contributed by atoms with Gasteiger partial charge < -0.3 is 10.4 Å². The lowest BCUT2D eigenvalue weighted by molar-refractivity contribution is -0.116. The molecular weight excluding hydrogens is 258 g/mol. The van der Waals surface area contributed by atoms with E-state index in [-0.39, 0.29) is 11.7 Å². The van der Waals surface area contributed by atoms with Crippen LogP contribution in [0, 0.1) is 0 Å². The molecule has 17 heavy (non-hydrogen) atoms. The highest BCUT2D eigenvalue weighted by atomic mass is 35.5. The molecule has 0 saturated heterocycles. The molecule has 5 heteroatoms. The lowest BCUT2D eigenvalue weighted by atomic mass is 10.2. The lowest BCUT2D eigenvalue weighted by Crippen LogP contribution is -2.11. The molecule has 1 rings (SSSR count). The molecular formula is C12H16ClNO2S. The summed E-state index contributed by atoms with van der Waals surface area (Å²) in [5, 5.41) is 11.9. The molecule has 0 radical (unpaired) electrons. The highest BCUT2D eigenvalue weighted by molar-refractivity contribution is 7.99. The molecule has 0 aromatic heterocycles. The number of alkyl halides is 1. The molecule has 0 atom stereocenters. The summed E-state index contributed by atoms with van der Waals surface area (Å²) in [6.07, 6.45) is 1.36. The van der Waals surface area contributed by atoms with Crippen molar-refractivity contribution in [2.75, 3.05) is 22.7 Å². The van der Waals surface area contributed by atoms with Crippen molar-refractivity contribution in [1.82, 2.24) is 0 Å². The van der Waals surface area contributed by atoms with Gasteiger partial charge in [0.25, 0.3) is 0 Å². The number of rotatable bonds is 7. The Kier molecular flexibility index (Phi) is 6.89. The molecule has 0 saturated carbocycles. The Bertz CT molecular complexity index is 343. The quantitative estimate of drug-likeness (QED) is 0.456. The predicted octanol–water partition coefficient (Wildman–Crippen LogP) is 3.08. The van der Waals surface area contributed by atoms with E-state index in [1.807, 2.05) is 0 Å². The molecule has 0 aliphatic heterocycles. The van der Waals surface area contributed by atoms with Gasteiger partial charge in [-0.25, -0.2) is 0 Å². The topological polar surface area (TPSA) is 49.3 Å². The number of nitrogens with one attached hydrogen (secondary N) is 1. The first-order valence-corrected chi connectivity index (χ1v) is 7.14. The monoisotopic (exact) mass is 273 g/mol. The fraction of sp³-hybridized carbons (Fsp3) is 0.417. The number of thioether (sulfide) groups is 1. The van der Waals surface area contributed by atoms with Gasteiger partial charge in [-0.15, -0.1) is 11.6 Å². The molecule has 0 heterocycles. The van der Waals surface area contributed by atoms with Crippen LogP contribution >= 0.6 is 23.4 Å². The minimum absolute atomic E-state index is 0.00200. The van der Waals surface area contributed by atoms with Gasteiger partial charge in [0.1, 0.15) is 5.75 Å². The number of phenols is 1. The Hall–Kier alpha value is -0.870. The van der Waals surface area contributed by atoms with Gasteiger partial charge in [-0.3, -0.25) is 4.79 Å². The van der Waals surface area contributed by atoms with Crippen LogP contribution in [0.5, 0.6) is 5.75 Å². The number of amides is 1. The number of phenolic OH excluding ortho intramolecular Hbond substituents is 1. The summed E-state index contributed by atoms with van der Waals surface area (Å²) in [4.78, 5) is 11.5. The smallest absolute Gasteiger partial charge is 0.224 e. The molecule has 0 fully saturated rings. The highest BCUT2D eigenvalue weighted by Gasteiger charge is 2.02. The van der Waals surface area contributed by atoms with Crippen molar-refractivity contribution in [2.24, 2.45) is 0 Å². The normalized spacial score (nSPS) is 10.2. The van der Waals surface area contributed by atoms with Gasteiger partial charge >= 0.3 is 0 Å². The van der Waals surface area contributed by atoms with Crippen molar-refractivity contribution >= 4 is 35.0 Å². The van der Waals surface area contributed by atoms with Crippen LogP contribution in [-0.2, 0) is 4.79 Å². The van der Waals surface area contributed by atoms with Crippen molar-refractivity contribution in [2.45, 2.75) is 12.8 Å². The summed E-state index contributed by atoms with van der Waals surface area (Å²) in [5.41, 5.74) is 0.709. The van der Waals surface area contributed by atoms with Gasteiger partial charge in [0.2, 0.25) is 5.91 Å². The first-order chi connectivity index (χ1) is 8.22. The van der Waals surface area contributed by atoms with E-state index in [1.54, 1.807) is 36.0 Å². The summed E-state index contributed by atoms with van der Waals surface area (Å²) >= 11 is 7.30. The summed E-state index contributed by atoms with van der Waals surface area (Å²) in [6, 6.07) is 6.45. The average Bonchev–Trinajstić information content (AvgIpc) is 2.32. The molecule has 2 N–H and O–H groups in total. The number of anilines is 1. The third-order valence-electron chi connectivity index (χ3n) is 2.07. The van der Waals surface area contributed by atoms with Crippen molar-refractivity contribution in [1.29, 1.82) is 0 Å². The zero-order chi connectivity index (χ0) is 12.5. The van der Waals surface area contributed by atoms with Gasteiger partial charge in [0.05, 0.1) is 0 Å². The van der Waals surface area contributed by atoms with Gasteiger partial charge in [0, 0.05) is 23.7 Å². The van der Waals surface area contributed by atoms with E-state index in [2.05, 4.69) is 5.32 Å². The zero-order valence-corrected chi connectivity index (χ0v) is 11.1. The van der Waals surface area contributed by atoms with Crippen molar-refractivity contribution in [3.05, 3.63) is 24.3 Å². The van der Waals surface area contributed by atoms with Crippen LogP contribution in [0.15, 0.2) is 24.3 Å². The predicted molar refractivity (Wildman–Crippen MR) is 74.0 cm³/mol. The Morgan fingerprint density at radius 2 is 2.00 bits per heavy atom. The molecule has 0 unspecified atom stereocenters. The Morgan fingerprint density at radius 3 is 2.65 bits per heavy atom. The van der Waals surface area contributed by atoms with Crippen LogP contribution in [0.1, 0.15) is 12.8 Å². The van der Waals surface area contributed by atoms with Crippen LogP contribution in [0.25, 0.3) is 0 Å². The van der Waals surface area contributed by atoms with E-state index in [4.69, 9.17) is 16.7 Å². The number of carbonyl (C=O) groups excluding carboxylic acids is 1. The van der Waals surface area contributed by atoms with Gasteiger partial charge in [-0.2, -0.15) is 11.8 Å². The summed E-state index contributed by atoms with van der Waals surface area (Å²) in [6.45, 7) is 0. The number of hydrogen-bond acceptors (Lipinski definition) is 3. The van der Waals surface area contributed by atoms with E-state index in [1.165, 1.54) is 0 Å². The van der Waals surface area contributed by atoms with E-state index in [0.717, 1.165) is 17.9 Å². The van der Waals surface area contributed by atoms with Crippen molar-refractivity contribution < 1.29 is 9.90 Å². The first kappa shape index (κ1) is 14.2. The first-order valence-electron chi connectivity index (χ1n) is 5.45. The molecule has 3 nitrogen and oxygen atoms in total. The van der Waals surface area contributed by atoms with Gasteiger partial charge in [-0.1, -0.05) is 0 Å². The SMILES string of the molecule is O=C(CCCSCCCl)Nc1ccc(O)cc1. The van der Waals surface area contributed by atoms with Crippen LogP contribution in [-0.4, -0.2) is 28.4 Å². The van der Waals surface area contributed by atoms with Crippen LogP contribution in [0.2, 0.25) is 0 Å². The van der Waals surface area contributed by atoms with Gasteiger partial charge in [-0.05, 0) is 36.4 Å². The molecule has 0 bridgehead atoms. The molecule has 94 valence electrons. The molecule has 1 aromatic rings. The summed E-state index contributed by atoms with van der Waals surface area (Å²) in [7, 11) is 0. The molecule has 0 spiro atoms. The maximum absolute atomic E-state index is 11.5.